The van der Waals surface area contributed by atoms with Crippen molar-refractivity contribution in [3.63, 3.8) is 0 Å². The first-order valence-electron chi connectivity index (χ1n) is 7.41. The van der Waals surface area contributed by atoms with Crippen molar-refractivity contribution in [2.75, 3.05) is 4.90 Å². The second-order valence-corrected chi connectivity index (χ2v) is 5.78. The van der Waals surface area contributed by atoms with Crippen molar-refractivity contribution < 1.29 is 4.79 Å². The van der Waals surface area contributed by atoms with E-state index < -0.39 is 11.6 Å². The number of anilines is 1. The number of amides is 1. The summed E-state index contributed by atoms with van der Waals surface area (Å²) in [6, 6.07) is 8.77. The molecule has 120 valence electrons. The van der Waals surface area contributed by atoms with Gasteiger partial charge in [0, 0.05) is 31.3 Å². The van der Waals surface area contributed by atoms with E-state index in [1.807, 2.05) is 11.0 Å². The van der Waals surface area contributed by atoms with Crippen LogP contribution in [0.5, 0.6) is 0 Å². The summed E-state index contributed by atoms with van der Waals surface area (Å²) in [6.07, 6.45) is 2.01. The number of carbonyl (C=O) groups is 1. The maximum Gasteiger partial charge on any atom is 0.329 e. The van der Waals surface area contributed by atoms with E-state index in [9.17, 15) is 14.4 Å². The van der Waals surface area contributed by atoms with Gasteiger partial charge in [-0.1, -0.05) is 12.1 Å². The molecule has 1 aromatic carbocycles. The highest BCUT2D eigenvalue weighted by Crippen LogP contribution is 2.31. The summed E-state index contributed by atoms with van der Waals surface area (Å²) in [5.74, 6) is 0.0249. The van der Waals surface area contributed by atoms with Crippen LogP contribution >= 0.6 is 0 Å². The number of nitrogens with one attached hydrogen (secondary N) is 1. The Kier molecular flexibility index (Phi) is 3.77. The molecule has 0 aliphatic heterocycles. The Balaban J connectivity index is 1.94. The van der Waals surface area contributed by atoms with Crippen LogP contribution in [0.1, 0.15) is 28.8 Å². The molecule has 7 heteroatoms. The van der Waals surface area contributed by atoms with Gasteiger partial charge in [0.05, 0.1) is 0 Å². The van der Waals surface area contributed by atoms with E-state index in [-0.39, 0.29) is 11.6 Å². The van der Waals surface area contributed by atoms with Gasteiger partial charge in [-0.05, 0) is 30.5 Å². The molecular weight excluding hydrogens is 296 g/mol. The minimum Gasteiger partial charge on any atom is -0.366 e. The lowest BCUT2D eigenvalue weighted by Crippen LogP contribution is -2.36. The molecule has 1 saturated carbocycles. The van der Waals surface area contributed by atoms with Crippen molar-refractivity contribution in [2.24, 2.45) is 12.8 Å². The van der Waals surface area contributed by atoms with Crippen LogP contribution in [-0.4, -0.2) is 21.5 Å². The monoisotopic (exact) mass is 314 g/mol. The Morgan fingerprint density at radius 1 is 1.35 bits per heavy atom. The Morgan fingerprint density at radius 3 is 2.70 bits per heavy atom. The molecule has 1 aliphatic carbocycles. The SMILES string of the molecule is Cn1c(=O)cc(N(Cc2cccc(C(N)=O)c2)C2CC2)[nH]c1=O. The van der Waals surface area contributed by atoms with Crippen LogP contribution in [0, 0.1) is 0 Å². The van der Waals surface area contributed by atoms with Crippen molar-refractivity contribution in [1.82, 2.24) is 9.55 Å². The molecule has 0 bridgehead atoms. The summed E-state index contributed by atoms with van der Waals surface area (Å²) < 4.78 is 1.03. The average Bonchev–Trinajstić information content (AvgIpc) is 3.35. The number of benzene rings is 1. The predicted molar refractivity (Wildman–Crippen MR) is 86.5 cm³/mol. The first-order chi connectivity index (χ1) is 11.0. The molecule has 1 fully saturated rings. The van der Waals surface area contributed by atoms with Gasteiger partial charge in [0.1, 0.15) is 5.82 Å². The predicted octanol–water partition coefficient (Wildman–Crippen LogP) is 0.341. The van der Waals surface area contributed by atoms with Crippen molar-refractivity contribution in [2.45, 2.75) is 25.4 Å². The lowest BCUT2D eigenvalue weighted by molar-refractivity contribution is 0.1000. The van der Waals surface area contributed by atoms with Crippen molar-refractivity contribution >= 4 is 11.7 Å². The van der Waals surface area contributed by atoms with Gasteiger partial charge in [0.25, 0.3) is 5.56 Å². The fourth-order valence-corrected chi connectivity index (χ4v) is 2.51. The largest absolute Gasteiger partial charge is 0.366 e. The maximum absolute atomic E-state index is 11.9. The van der Waals surface area contributed by atoms with Crippen LogP contribution in [0.3, 0.4) is 0 Å². The minimum absolute atomic E-state index is 0.287. The zero-order valence-electron chi connectivity index (χ0n) is 12.8. The summed E-state index contributed by atoms with van der Waals surface area (Å²) in [5, 5.41) is 0. The van der Waals surface area contributed by atoms with E-state index in [4.69, 9.17) is 5.73 Å². The molecule has 2 aromatic rings. The third-order valence-electron chi connectivity index (χ3n) is 3.99. The summed E-state index contributed by atoms with van der Waals surface area (Å²) in [6.45, 7) is 0.495. The lowest BCUT2D eigenvalue weighted by atomic mass is 10.1. The Morgan fingerprint density at radius 2 is 2.09 bits per heavy atom. The molecule has 1 heterocycles. The van der Waals surface area contributed by atoms with Crippen LogP contribution in [0.2, 0.25) is 0 Å². The molecule has 3 rings (SSSR count). The summed E-state index contributed by atoms with van der Waals surface area (Å²) in [5.41, 5.74) is 5.86. The normalized spacial score (nSPS) is 13.8. The number of carbonyl (C=O) groups excluding carboxylic acids is 1. The number of nitrogens with two attached hydrogens (primary N) is 1. The molecule has 7 nitrogen and oxygen atoms in total. The van der Waals surface area contributed by atoms with E-state index in [2.05, 4.69) is 4.98 Å². The number of nitrogens with zero attached hydrogens (tertiary/aromatic N) is 2. The number of hydrogen-bond donors (Lipinski definition) is 2. The second-order valence-electron chi connectivity index (χ2n) is 5.78. The number of aromatic nitrogens is 2. The number of hydrogen-bond acceptors (Lipinski definition) is 4. The van der Waals surface area contributed by atoms with Gasteiger partial charge in [-0.2, -0.15) is 0 Å². The first kappa shape index (κ1) is 15.1. The number of rotatable bonds is 5. The summed E-state index contributed by atoms with van der Waals surface area (Å²) in [7, 11) is 1.43. The Hall–Kier alpha value is -2.83. The minimum atomic E-state index is -0.480. The fourth-order valence-electron chi connectivity index (χ4n) is 2.51. The maximum atomic E-state index is 11.9. The van der Waals surface area contributed by atoms with E-state index in [0.29, 0.717) is 17.9 Å². The van der Waals surface area contributed by atoms with Gasteiger partial charge < -0.3 is 10.6 Å². The topological polar surface area (TPSA) is 101 Å². The third kappa shape index (κ3) is 3.18. The molecule has 3 N–H and O–H groups in total. The smallest absolute Gasteiger partial charge is 0.329 e. The summed E-state index contributed by atoms with van der Waals surface area (Å²) in [4.78, 5) is 39.7. The van der Waals surface area contributed by atoms with E-state index >= 15 is 0 Å². The van der Waals surface area contributed by atoms with Crippen LogP contribution in [0.4, 0.5) is 5.82 Å². The average molecular weight is 314 g/mol. The van der Waals surface area contributed by atoms with Crippen molar-refractivity contribution in [3.05, 3.63) is 62.3 Å². The second kappa shape index (κ2) is 5.75. The number of primary amides is 1. The van der Waals surface area contributed by atoms with E-state index in [1.165, 1.54) is 13.1 Å². The summed E-state index contributed by atoms with van der Waals surface area (Å²) >= 11 is 0. The highest BCUT2D eigenvalue weighted by molar-refractivity contribution is 5.92. The van der Waals surface area contributed by atoms with Gasteiger partial charge in [-0.3, -0.25) is 19.1 Å². The first-order valence-corrected chi connectivity index (χ1v) is 7.41. The van der Waals surface area contributed by atoms with Gasteiger partial charge >= 0.3 is 5.69 Å². The van der Waals surface area contributed by atoms with Gasteiger partial charge in [-0.25, -0.2) is 4.79 Å². The molecule has 1 aromatic heterocycles. The van der Waals surface area contributed by atoms with E-state index in [0.717, 1.165) is 23.0 Å². The lowest BCUT2D eigenvalue weighted by Gasteiger charge is -2.24. The van der Waals surface area contributed by atoms with Crippen LogP contribution in [-0.2, 0) is 13.6 Å². The third-order valence-corrected chi connectivity index (χ3v) is 3.99. The zero-order valence-corrected chi connectivity index (χ0v) is 12.8. The highest BCUT2D eigenvalue weighted by Gasteiger charge is 2.30. The molecule has 1 aliphatic rings. The molecular formula is C16H18N4O3. The molecule has 0 unspecified atom stereocenters. The zero-order chi connectivity index (χ0) is 16.6. The molecule has 0 atom stereocenters. The molecule has 0 radical (unpaired) electrons. The Labute approximate surface area is 132 Å². The molecule has 0 spiro atoms. The number of aromatic amines is 1. The molecule has 23 heavy (non-hydrogen) atoms. The fraction of sp³-hybridized carbons (Fsp3) is 0.312. The molecule has 0 saturated heterocycles. The van der Waals surface area contributed by atoms with Gasteiger partial charge in [0.15, 0.2) is 0 Å². The van der Waals surface area contributed by atoms with Crippen LogP contribution < -0.4 is 21.9 Å². The van der Waals surface area contributed by atoms with Crippen molar-refractivity contribution in [3.8, 4) is 0 Å². The molecule has 1 amide bonds. The van der Waals surface area contributed by atoms with Crippen molar-refractivity contribution in [1.29, 1.82) is 0 Å². The van der Waals surface area contributed by atoms with Crippen LogP contribution in [0.15, 0.2) is 39.9 Å². The van der Waals surface area contributed by atoms with Gasteiger partial charge in [-0.15, -0.1) is 0 Å². The quantitative estimate of drug-likeness (QED) is 0.831. The van der Waals surface area contributed by atoms with Crippen LogP contribution in [0.25, 0.3) is 0 Å². The standard InChI is InChI=1S/C16H18N4O3/c1-19-14(21)8-13(18-16(19)23)20(12-5-6-12)9-10-3-2-4-11(7-10)15(17)22/h2-4,7-8,12H,5-6,9H2,1H3,(H2,17,22)(H,18,23). The number of H-pyrrole nitrogens is 1. The highest BCUT2D eigenvalue weighted by atomic mass is 16.2. The Bertz CT molecular complexity index is 833. The van der Waals surface area contributed by atoms with E-state index in [1.54, 1.807) is 18.2 Å². The van der Waals surface area contributed by atoms with Gasteiger partial charge in [0.2, 0.25) is 5.91 Å².